The van der Waals surface area contributed by atoms with Crippen molar-refractivity contribution in [2.24, 2.45) is 0 Å². The first-order valence-corrected chi connectivity index (χ1v) is 7.73. The number of carbonyl (C=O) groups is 1. The van der Waals surface area contributed by atoms with Crippen molar-refractivity contribution < 1.29 is 31.3 Å². The third kappa shape index (κ3) is 4.58. The van der Waals surface area contributed by atoms with Gasteiger partial charge in [0.05, 0.1) is 11.1 Å². The van der Waals surface area contributed by atoms with Crippen molar-refractivity contribution in [3.63, 3.8) is 0 Å². The summed E-state index contributed by atoms with van der Waals surface area (Å²) in [5.74, 6) is -0.134. The van der Waals surface area contributed by atoms with Crippen LogP contribution in [0.3, 0.4) is 0 Å². The fourth-order valence-electron chi connectivity index (χ4n) is 2.40. The number of Topliss-reactive ketones (excluding diaryl/α,β-unsaturated/α-hetero) is 1. The maximum Gasteiger partial charge on any atom is 0.287 e. The van der Waals surface area contributed by atoms with Crippen molar-refractivity contribution in [1.82, 2.24) is 4.98 Å². The Kier molecular flexibility index (Phi) is 6.30. The van der Waals surface area contributed by atoms with Gasteiger partial charge in [-0.25, -0.2) is 4.57 Å². The minimum atomic E-state index is -0.489. The Hall–Kier alpha value is -2.93. The van der Waals surface area contributed by atoms with E-state index in [0.717, 1.165) is 11.3 Å². The van der Waals surface area contributed by atoms with Crippen molar-refractivity contribution in [1.29, 1.82) is 0 Å². The highest BCUT2D eigenvalue weighted by atomic mass is 79.9. The number of nitro benzene ring substituents is 1. The van der Waals surface area contributed by atoms with Crippen LogP contribution in [0.1, 0.15) is 15.9 Å². The summed E-state index contributed by atoms with van der Waals surface area (Å²) in [6.45, 7) is 2.15. The number of nitro groups is 1. The molecule has 0 bridgehead atoms. The molecule has 0 spiro atoms. The molecule has 3 rings (SSSR count). The van der Waals surface area contributed by atoms with Gasteiger partial charge in [0.2, 0.25) is 5.78 Å². The van der Waals surface area contributed by atoms with E-state index in [4.69, 9.17) is 0 Å². The van der Waals surface area contributed by atoms with Gasteiger partial charge < -0.3 is 17.0 Å². The van der Waals surface area contributed by atoms with E-state index < -0.39 is 4.92 Å². The number of hydrogen-bond donors (Lipinski definition) is 0. The zero-order valence-electron chi connectivity index (χ0n) is 14.0. The van der Waals surface area contributed by atoms with Crippen LogP contribution in [0.5, 0.6) is 0 Å². The number of carbonyl (C=O) groups excluding carboxylic acids is 1. The summed E-state index contributed by atoms with van der Waals surface area (Å²) in [5.41, 5.74) is 3.43. The predicted molar refractivity (Wildman–Crippen MR) is 92.0 cm³/mol. The van der Waals surface area contributed by atoms with E-state index in [1.165, 1.54) is 29.8 Å². The molecular formula is C19H16BrN3O3. The van der Waals surface area contributed by atoms with Gasteiger partial charge in [-0.05, 0) is 24.0 Å². The van der Waals surface area contributed by atoms with E-state index in [9.17, 15) is 14.9 Å². The number of ketones is 1. The maximum atomic E-state index is 12.3. The smallest absolute Gasteiger partial charge is 0.287 e. The Bertz CT molecular complexity index is 908. The van der Waals surface area contributed by atoms with Crippen LogP contribution in [0.25, 0.3) is 11.3 Å². The molecule has 0 unspecified atom stereocenters. The Morgan fingerprint density at radius 2 is 1.73 bits per heavy atom. The van der Waals surface area contributed by atoms with Gasteiger partial charge in [-0.2, -0.15) is 0 Å². The normalized spacial score (nSPS) is 10.0. The molecule has 0 fully saturated rings. The second-order valence-electron chi connectivity index (χ2n) is 5.71. The van der Waals surface area contributed by atoms with Gasteiger partial charge in [-0.1, -0.05) is 29.8 Å². The standard InChI is InChI=1S/C19H16N3O3.BrH/c1-14-2-4-15(5-3-14)18-10-11-21(13-20-18)12-19(23)16-6-8-17(9-7-16)22(24)25;/h2-11,13H,12H2,1H3;1H/q+1;/p-1. The second-order valence-corrected chi connectivity index (χ2v) is 5.71. The minimum absolute atomic E-state index is 0. The topological polar surface area (TPSA) is 77.0 Å². The molecular weight excluding hydrogens is 398 g/mol. The van der Waals surface area contributed by atoms with Crippen molar-refractivity contribution >= 4 is 11.5 Å². The van der Waals surface area contributed by atoms with E-state index in [2.05, 4.69) is 4.98 Å². The van der Waals surface area contributed by atoms with Crippen LogP contribution in [0.2, 0.25) is 0 Å². The fraction of sp³-hybridized carbons (Fsp3) is 0.105. The number of rotatable bonds is 5. The highest BCUT2D eigenvalue weighted by molar-refractivity contribution is 5.95. The molecule has 6 nitrogen and oxygen atoms in total. The minimum Gasteiger partial charge on any atom is -1.00 e. The molecule has 0 aliphatic carbocycles. The average Bonchev–Trinajstić information content (AvgIpc) is 2.63. The van der Waals surface area contributed by atoms with Crippen LogP contribution in [-0.4, -0.2) is 15.7 Å². The lowest BCUT2D eigenvalue weighted by atomic mass is 10.1. The van der Waals surface area contributed by atoms with E-state index in [1.54, 1.807) is 17.1 Å². The summed E-state index contributed by atoms with van der Waals surface area (Å²) in [6.07, 6.45) is 3.41. The SMILES string of the molecule is Cc1ccc(-c2cc[n+](CC(=O)c3ccc([N+](=O)[O-])cc3)cn2)cc1.[Br-]. The lowest BCUT2D eigenvalue weighted by Gasteiger charge is -2.01. The molecule has 3 aromatic rings. The molecule has 1 heterocycles. The molecule has 0 atom stereocenters. The first kappa shape index (κ1) is 19.4. The number of non-ortho nitro benzene ring substituents is 1. The summed E-state index contributed by atoms with van der Waals surface area (Å²) in [5, 5.41) is 10.6. The van der Waals surface area contributed by atoms with Gasteiger partial charge >= 0.3 is 0 Å². The Labute approximate surface area is 161 Å². The molecule has 7 heteroatoms. The Morgan fingerprint density at radius 1 is 1.08 bits per heavy atom. The lowest BCUT2D eigenvalue weighted by Crippen LogP contribution is -3.00. The predicted octanol–water partition coefficient (Wildman–Crippen LogP) is 0.140. The first-order valence-electron chi connectivity index (χ1n) is 7.73. The van der Waals surface area contributed by atoms with Crippen LogP contribution >= 0.6 is 0 Å². The van der Waals surface area contributed by atoms with Crippen LogP contribution < -0.4 is 21.5 Å². The highest BCUT2D eigenvalue weighted by Crippen LogP contribution is 2.16. The summed E-state index contributed by atoms with van der Waals surface area (Å²) >= 11 is 0. The number of halogens is 1. The van der Waals surface area contributed by atoms with Crippen molar-refractivity contribution in [2.45, 2.75) is 13.5 Å². The van der Waals surface area contributed by atoms with Crippen molar-refractivity contribution in [2.75, 3.05) is 0 Å². The summed E-state index contributed by atoms with van der Waals surface area (Å²) < 4.78 is 1.68. The van der Waals surface area contributed by atoms with Gasteiger partial charge in [0.25, 0.3) is 12.0 Å². The Morgan fingerprint density at radius 3 is 2.27 bits per heavy atom. The third-order valence-corrected chi connectivity index (χ3v) is 3.84. The molecule has 0 saturated carbocycles. The van der Waals surface area contributed by atoms with Gasteiger partial charge in [-0.15, -0.1) is 0 Å². The number of aromatic nitrogens is 2. The van der Waals surface area contributed by atoms with Crippen LogP contribution in [-0.2, 0) is 6.54 Å². The zero-order chi connectivity index (χ0) is 17.8. The average molecular weight is 414 g/mol. The van der Waals surface area contributed by atoms with Crippen molar-refractivity contribution in [3.8, 4) is 11.3 Å². The van der Waals surface area contributed by atoms with Gasteiger partial charge in [0.1, 0.15) is 0 Å². The molecule has 1 aromatic heterocycles. The molecule has 0 saturated heterocycles. The quantitative estimate of drug-likeness (QED) is 0.258. The highest BCUT2D eigenvalue weighted by Gasteiger charge is 2.13. The summed E-state index contributed by atoms with van der Waals surface area (Å²) in [6, 6.07) is 15.5. The van der Waals surface area contributed by atoms with E-state index in [1.807, 2.05) is 37.3 Å². The molecule has 26 heavy (non-hydrogen) atoms. The number of benzene rings is 2. The van der Waals surface area contributed by atoms with Crippen LogP contribution in [0, 0.1) is 17.0 Å². The van der Waals surface area contributed by atoms with Crippen LogP contribution in [0.15, 0.2) is 67.1 Å². The first-order chi connectivity index (χ1) is 12.0. The summed E-state index contributed by atoms with van der Waals surface area (Å²) in [4.78, 5) is 26.8. The monoisotopic (exact) mass is 413 g/mol. The van der Waals surface area contributed by atoms with Gasteiger partial charge in [-0.3, -0.25) is 14.9 Å². The van der Waals surface area contributed by atoms with E-state index >= 15 is 0 Å². The molecule has 0 amide bonds. The van der Waals surface area contributed by atoms with Crippen molar-refractivity contribution in [3.05, 3.63) is 88.4 Å². The zero-order valence-corrected chi connectivity index (χ0v) is 15.6. The lowest BCUT2D eigenvalue weighted by molar-refractivity contribution is -0.686. The van der Waals surface area contributed by atoms with E-state index in [0.29, 0.717) is 5.56 Å². The molecule has 0 radical (unpaired) electrons. The molecule has 0 aliphatic heterocycles. The fourth-order valence-corrected chi connectivity index (χ4v) is 2.40. The number of aryl methyl sites for hydroxylation is 1. The molecule has 0 aliphatic rings. The molecule has 132 valence electrons. The van der Waals surface area contributed by atoms with Crippen LogP contribution in [0.4, 0.5) is 5.69 Å². The van der Waals surface area contributed by atoms with Gasteiger partial charge in [0.15, 0.2) is 12.2 Å². The molecule has 0 N–H and O–H groups in total. The summed E-state index contributed by atoms with van der Waals surface area (Å²) in [7, 11) is 0. The molecule has 2 aromatic carbocycles. The largest absolute Gasteiger partial charge is 1.00 e. The second kappa shape index (κ2) is 8.44. The number of hydrogen-bond acceptors (Lipinski definition) is 4. The van der Waals surface area contributed by atoms with E-state index in [-0.39, 0.29) is 35.0 Å². The van der Waals surface area contributed by atoms with Gasteiger partial charge in [0, 0.05) is 29.3 Å². The maximum absolute atomic E-state index is 12.3. The number of nitrogens with zero attached hydrogens (tertiary/aromatic N) is 3. The Balaban J connectivity index is 0.00000243. The third-order valence-electron chi connectivity index (χ3n) is 3.84.